The molecule has 2 aliphatic rings. The molecule has 1 unspecified atom stereocenters. The molecule has 0 saturated heterocycles. The first kappa shape index (κ1) is 13.7. The summed E-state index contributed by atoms with van der Waals surface area (Å²) >= 11 is 0. The monoisotopic (exact) mass is 276 g/mol. The summed E-state index contributed by atoms with van der Waals surface area (Å²) in [5.74, 6) is 1.60. The van der Waals surface area contributed by atoms with Gasteiger partial charge in [-0.3, -0.25) is 0 Å². The van der Waals surface area contributed by atoms with Crippen molar-refractivity contribution in [1.29, 1.82) is 0 Å². The molecule has 4 nitrogen and oxygen atoms in total. The summed E-state index contributed by atoms with van der Waals surface area (Å²) in [5, 5.41) is 3.51. The van der Waals surface area contributed by atoms with Crippen LogP contribution in [0.5, 0.6) is 5.75 Å². The molecule has 0 amide bonds. The van der Waals surface area contributed by atoms with Gasteiger partial charge < -0.3 is 19.7 Å². The molecule has 0 radical (unpaired) electrons. The van der Waals surface area contributed by atoms with E-state index in [1.165, 1.54) is 16.8 Å². The second-order valence-electron chi connectivity index (χ2n) is 5.70. The van der Waals surface area contributed by atoms with Gasteiger partial charge in [-0.15, -0.1) is 0 Å². The number of rotatable bonds is 3. The molecule has 2 heterocycles. The zero-order valence-corrected chi connectivity index (χ0v) is 12.4. The highest BCUT2D eigenvalue weighted by molar-refractivity contribution is 5.64. The first-order valence-corrected chi connectivity index (χ1v) is 7.54. The third kappa shape index (κ3) is 2.63. The van der Waals surface area contributed by atoms with Crippen molar-refractivity contribution in [1.82, 2.24) is 5.32 Å². The Hall–Kier alpha value is -1.26. The van der Waals surface area contributed by atoms with Gasteiger partial charge in [0, 0.05) is 20.2 Å². The van der Waals surface area contributed by atoms with Crippen LogP contribution in [0.1, 0.15) is 24.0 Å². The maximum Gasteiger partial charge on any atom is 0.142 e. The minimum atomic E-state index is 0.559. The number of nitrogens with zero attached hydrogens (tertiary/aromatic N) is 1. The third-order valence-corrected chi connectivity index (χ3v) is 4.30. The minimum Gasteiger partial charge on any atom is -0.490 e. The van der Waals surface area contributed by atoms with E-state index in [9.17, 15) is 0 Å². The average Bonchev–Trinajstić information content (AvgIpc) is 2.65. The Morgan fingerprint density at radius 3 is 3.20 bits per heavy atom. The summed E-state index contributed by atoms with van der Waals surface area (Å²) < 4.78 is 11.1. The van der Waals surface area contributed by atoms with Gasteiger partial charge >= 0.3 is 0 Å². The van der Waals surface area contributed by atoms with Gasteiger partial charge in [-0.2, -0.15) is 0 Å². The molecular weight excluding hydrogens is 252 g/mol. The number of nitrogens with one attached hydrogen (secondary N) is 1. The van der Waals surface area contributed by atoms with Crippen molar-refractivity contribution in [3.8, 4) is 5.75 Å². The van der Waals surface area contributed by atoms with Crippen LogP contribution in [0, 0.1) is 0 Å². The topological polar surface area (TPSA) is 33.7 Å². The molecule has 1 atom stereocenters. The van der Waals surface area contributed by atoms with E-state index in [2.05, 4.69) is 29.3 Å². The van der Waals surface area contributed by atoms with Gasteiger partial charge in [0.1, 0.15) is 12.4 Å². The van der Waals surface area contributed by atoms with E-state index in [4.69, 9.17) is 9.47 Å². The number of fused-ring (bicyclic) bond motifs is 2. The highest BCUT2D eigenvalue weighted by Crippen LogP contribution is 2.37. The van der Waals surface area contributed by atoms with Crippen LogP contribution < -0.4 is 15.0 Å². The van der Waals surface area contributed by atoms with Crippen LogP contribution in [0.25, 0.3) is 0 Å². The molecule has 0 spiro atoms. The highest BCUT2D eigenvalue weighted by Gasteiger charge is 2.23. The fraction of sp³-hybridized carbons (Fsp3) is 0.625. The fourth-order valence-corrected chi connectivity index (χ4v) is 3.14. The lowest BCUT2D eigenvalue weighted by Gasteiger charge is -2.32. The molecule has 4 heteroatoms. The lowest BCUT2D eigenvalue weighted by molar-refractivity contribution is 0.201. The maximum absolute atomic E-state index is 5.87. The molecule has 0 aliphatic carbocycles. The quantitative estimate of drug-likeness (QED) is 0.912. The normalized spacial score (nSPS) is 21.7. The Morgan fingerprint density at radius 2 is 2.35 bits per heavy atom. The maximum atomic E-state index is 5.87. The second-order valence-corrected chi connectivity index (χ2v) is 5.70. The molecule has 0 fully saturated rings. The summed E-state index contributed by atoms with van der Waals surface area (Å²) in [6.45, 7) is 7.82. The van der Waals surface area contributed by atoms with Gasteiger partial charge in [-0.05, 0) is 42.1 Å². The van der Waals surface area contributed by atoms with Crippen LogP contribution >= 0.6 is 0 Å². The number of anilines is 1. The largest absolute Gasteiger partial charge is 0.490 e. The Labute approximate surface area is 121 Å². The zero-order chi connectivity index (χ0) is 13.9. The van der Waals surface area contributed by atoms with Crippen LogP contribution in [0.2, 0.25) is 0 Å². The van der Waals surface area contributed by atoms with Crippen LogP contribution in [0.4, 0.5) is 5.69 Å². The summed E-state index contributed by atoms with van der Waals surface area (Å²) in [6, 6.07) is 4.60. The van der Waals surface area contributed by atoms with E-state index in [1.807, 2.05) is 0 Å². The van der Waals surface area contributed by atoms with Gasteiger partial charge in [0.05, 0.1) is 18.8 Å². The van der Waals surface area contributed by atoms with E-state index in [0.29, 0.717) is 5.92 Å². The third-order valence-electron chi connectivity index (χ3n) is 4.30. The number of hydrogen-bond acceptors (Lipinski definition) is 4. The lowest BCUT2D eigenvalue weighted by atomic mass is 9.94. The van der Waals surface area contributed by atoms with Crippen molar-refractivity contribution in [3.05, 3.63) is 23.3 Å². The zero-order valence-electron chi connectivity index (χ0n) is 12.4. The molecule has 3 rings (SSSR count). The van der Waals surface area contributed by atoms with Gasteiger partial charge in [0.15, 0.2) is 0 Å². The molecule has 20 heavy (non-hydrogen) atoms. The second kappa shape index (κ2) is 6.02. The first-order valence-electron chi connectivity index (χ1n) is 7.54. The number of hydrogen-bond donors (Lipinski definition) is 1. The van der Waals surface area contributed by atoms with E-state index in [-0.39, 0.29) is 0 Å². The van der Waals surface area contributed by atoms with Gasteiger partial charge in [0.25, 0.3) is 0 Å². The Morgan fingerprint density at radius 1 is 1.45 bits per heavy atom. The number of benzene rings is 1. The fourth-order valence-electron chi connectivity index (χ4n) is 3.14. The molecule has 0 aromatic heterocycles. The molecule has 0 saturated carbocycles. The number of ether oxygens (including phenoxy) is 2. The van der Waals surface area contributed by atoms with Gasteiger partial charge in [-0.25, -0.2) is 0 Å². The van der Waals surface area contributed by atoms with E-state index >= 15 is 0 Å². The molecule has 110 valence electrons. The van der Waals surface area contributed by atoms with Gasteiger partial charge in [0.2, 0.25) is 0 Å². The molecular formula is C16H24N2O2. The van der Waals surface area contributed by atoms with Crippen molar-refractivity contribution in [2.75, 3.05) is 51.4 Å². The molecule has 1 N–H and O–H groups in total. The SMILES string of the molecule is COCCN1CCOc2cc3c(cc21)C(C)CNCC3. The minimum absolute atomic E-state index is 0.559. The highest BCUT2D eigenvalue weighted by atomic mass is 16.5. The summed E-state index contributed by atoms with van der Waals surface area (Å²) in [6.07, 6.45) is 1.09. The Balaban J connectivity index is 1.95. The average molecular weight is 276 g/mol. The van der Waals surface area contributed by atoms with Crippen molar-refractivity contribution in [2.45, 2.75) is 19.3 Å². The standard InChI is InChI=1S/C16H24N2O2/c1-12-11-17-4-3-13-9-16-15(10-14(12)13)18(5-7-19-2)6-8-20-16/h9-10,12,17H,3-8,11H2,1-2H3. The van der Waals surface area contributed by atoms with Crippen LogP contribution in [0.15, 0.2) is 12.1 Å². The van der Waals surface area contributed by atoms with E-state index in [0.717, 1.165) is 51.6 Å². The summed E-state index contributed by atoms with van der Waals surface area (Å²) in [5.41, 5.74) is 4.15. The van der Waals surface area contributed by atoms with Gasteiger partial charge in [-0.1, -0.05) is 6.92 Å². The Bertz CT molecular complexity index is 476. The smallest absolute Gasteiger partial charge is 0.142 e. The van der Waals surface area contributed by atoms with E-state index in [1.54, 1.807) is 7.11 Å². The summed E-state index contributed by atoms with van der Waals surface area (Å²) in [7, 11) is 1.76. The van der Waals surface area contributed by atoms with Crippen molar-refractivity contribution in [3.63, 3.8) is 0 Å². The van der Waals surface area contributed by atoms with Crippen LogP contribution in [-0.4, -0.2) is 46.5 Å². The van der Waals surface area contributed by atoms with Crippen molar-refractivity contribution < 1.29 is 9.47 Å². The molecule has 1 aromatic rings. The molecule has 2 aliphatic heterocycles. The van der Waals surface area contributed by atoms with E-state index < -0.39 is 0 Å². The Kier molecular flexibility index (Phi) is 4.13. The van der Waals surface area contributed by atoms with Crippen LogP contribution in [0.3, 0.4) is 0 Å². The lowest BCUT2D eigenvalue weighted by Crippen LogP contribution is -2.35. The first-order chi connectivity index (χ1) is 9.79. The van der Waals surface area contributed by atoms with Crippen LogP contribution in [-0.2, 0) is 11.2 Å². The predicted molar refractivity (Wildman–Crippen MR) is 81.0 cm³/mol. The predicted octanol–water partition coefficient (Wildman–Crippen LogP) is 1.78. The molecule has 1 aromatic carbocycles. The summed E-state index contributed by atoms with van der Waals surface area (Å²) in [4.78, 5) is 2.38. The molecule has 0 bridgehead atoms. The van der Waals surface area contributed by atoms with Crippen molar-refractivity contribution >= 4 is 5.69 Å². The number of methoxy groups -OCH3 is 1. The van der Waals surface area contributed by atoms with Crippen molar-refractivity contribution in [2.24, 2.45) is 0 Å².